The fourth-order valence-corrected chi connectivity index (χ4v) is 20.5. The van der Waals surface area contributed by atoms with Crippen molar-refractivity contribution in [2.45, 2.75) is 207 Å². The smallest absolute Gasteiger partial charge is 0.352 e. The van der Waals surface area contributed by atoms with Crippen molar-refractivity contribution >= 4 is 140 Å². The lowest BCUT2D eigenvalue weighted by Crippen LogP contribution is -2.65. The number of rotatable bonds is 31. The maximum absolute atomic E-state index is 13.8. The number of hydrogen-bond donors (Lipinski definition) is 25. The van der Waals surface area contributed by atoms with E-state index in [1.807, 2.05) is 13.8 Å². The van der Waals surface area contributed by atoms with Crippen LogP contribution in [0.1, 0.15) is 143 Å². The zero-order chi connectivity index (χ0) is 107. The molecule has 7 aromatic rings. The van der Waals surface area contributed by atoms with Gasteiger partial charge in [-0.3, -0.25) is 30.3 Å². The molecule has 3 fully saturated rings. The third kappa shape index (κ3) is 24.4. The molecule has 792 valence electrons. The maximum atomic E-state index is 13.8. The molecule has 48 nitrogen and oxygen atoms in total. The Kier molecular flexibility index (Phi) is 35.0. The number of ether oxygens (including phenoxy) is 6. The van der Waals surface area contributed by atoms with Crippen LogP contribution in [0.2, 0.25) is 14.4 Å². The summed E-state index contributed by atoms with van der Waals surface area (Å²) in [7, 11) is 2.71. The van der Waals surface area contributed by atoms with Gasteiger partial charge in [-0.05, 0) is 129 Å². The number of carbonyl (C=O) groups excluding carboxylic acids is 2. The number of β-lactam (4-membered cyclic amide) rings is 1. The average Bonchev–Trinajstić information content (AvgIpc) is 0.852. The van der Waals surface area contributed by atoms with E-state index in [1.165, 1.54) is 45.0 Å². The molecule has 20 atom stereocenters. The summed E-state index contributed by atoms with van der Waals surface area (Å²) < 4.78 is 41.3. The van der Waals surface area contributed by atoms with E-state index < -0.39 is 266 Å². The molecule has 11 bridgehead atoms. The molecule has 53 heteroatoms. The summed E-state index contributed by atoms with van der Waals surface area (Å²) in [6.45, 7) is 7.97. The van der Waals surface area contributed by atoms with Gasteiger partial charge in [0.1, 0.15) is 93.5 Å². The van der Waals surface area contributed by atoms with Gasteiger partial charge in [0.25, 0.3) is 5.91 Å². The topological polar surface area (TPSA) is 747 Å². The van der Waals surface area contributed by atoms with Gasteiger partial charge < -0.3 is 156 Å². The number of nitrogens with zero attached hydrogens (tertiary/aromatic N) is 12. The number of aliphatic imine (C=N–C) groups is 8. The Bertz CT molecular complexity index is 6600. The number of thioether (sulfide) groups is 1. The second-order valence-electron chi connectivity index (χ2n) is 36.0. The zero-order valence-electron chi connectivity index (χ0n) is 79.8. The number of aliphatic hydroxyl groups is 15. The quantitative estimate of drug-likeness (QED) is 0.00484. The molecule has 16 rings (SSSR count). The van der Waals surface area contributed by atoms with Gasteiger partial charge in [-0.25, -0.2) is 49.1 Å². The van der Waals surface area contributed by atoms with Crippen molar-refractivity contribution in [3.63, 3.8) is 0 Å². The molecule has 0 saturated carbocycles. The standard InChI is InChI=1S/C95H108Cl3N17O31S2/c1-8-114(34-40-18-22-113(23-19-40)35-45-37-147-90-72(89(135)115(90)73(45)92(138)139)110-86(132)69(112-140-7)68-81(98)148-94(100)111-68)62(122)11-9-10-61(121)102-20-21-103-95(5)33-63(141-39(4)80(95)127)145-79-77(126)76(125)59(36-116)144-93(79)146-78-57-28-44-29-58(78)143-56-17-14-43(27-50(56)97)75(124)71-88(134)107-67(91(136)137)48-30-46(117)31-54(119)64(48)47-25-41(12-15-53(47)118)65(84(130)109-71)106-85(131)66(44)105-83(129)52(32-60(99)120)104-87(133)70(108-82(128)51(101-6)24-38(2)3)74(123)42-13-16-55(142-57)49(96)26-42/h12-19,22-23,25-31,38-39,51-52,59,63,65-67,70-72,74-77,79-80,90,93,101,103,116,123-127H,8-11,20-21,24,32-37H2,1-7H3,(H16-,99,100,102,104,105,106,107,108,109,110,111,112,117,118,119,120,121,128,129,130,131,132,133,134,136,137,138,139)/p+1/t39-,51+,52-,59+,63-,65+,66+,67?,70+,71-,72+,74+,75?,76+,77-,79+,80+,90+,93-,95-/m0/s1. The van der Waals surface area contributed by atoms with Gasteiger partial charge >= 0.3 is 11.9 Å². The number of carboxylic acids is 2. The number of aromatic nitrogens is 2. The van der Waals surface area contributed by atoms with Gasteiger partial charge in [0, 0.05) is 90.7 Å². The third-order valence-corrected chi connectivity index (χ3v) is 28.3. The molecule has 9 aliphatic heterocycles. The van der Waals surface area contributed by atoms with Crippen LogP contribution in [0.4, 0.5) is 0 Å². The minimum Gasteiger partial charge on any atom is -0.508 e. The van der Waals surface area contributed by atoms with Crippen LogP contribution in [0.15, 0.2) is 160 Å². The van der Waals surface area contributed by atoms with Crippen molar-refractivity contribution in [2.75, 3.05) is 46.2 Å². The van der Waals surface area contributed by atoms with Gasteiger partial charge in [-0.15, -0.1) is 11.8 Å². The van der Waals surface area contributed by atoms with E-state index in [-0.39, 0.29) is 135 Å². The molecule has 3 saturated heterocycles. The molecule has 25 N–H and O–H groups in total. The van der Waals surface area contributed by atoms with E-state index in [9.17, 15) is 121 Å². The predicted molar refractivity (Wildman–Crippen MR) is 537 cm³/mol. The van der Waals surface area contributed by atoms with Crippen LogP contribution in [0.3, 0.4) is 0 Å². The van der Waals surface area contributed by atoms with Crippen LogP contribution in [-0.4, -0.2) is 336 Å². The molecule has 0 aliphatic carbocycles. The van der Waals surface area contributed by atoms with Crippen LogP contribution in [-0.2, 0) is 51.3 Å². The molecule has 2 amide bonds. The average molecular weight is 2160 g/mol. The van der Waals surface area contributed by atoms with Crippen LogP contribution in [0.5, 0.6) is 46.0 Å². The Morgan fingerprint density at radius 2 is 1.41 bits per heavy atom. The highest BCUT2D eigenvalue weighted by atomic mass is 35.5. The summed E-state index contributed by atoms with van der Waals surface area (Å²) in [5.41, 5.74) is -3.68. The third-order valence-electron chi connectivity index (χ3n) is 25.3. The second-order valence-corrected chi connectivity index (χ2v) is 39.6. The lowest BCUT2D eigenvalue weighted by molar-refractivity contribution is -0.689. The number of aliphatic hydroxyl groups excluding tert-OH is 15. The van der Waals surface area contributed by atoms with Crippen LogP contribution in [0.25, 0.3) is 11.1 Å². The van der Waals surface area contributed by atoms with Crippen LogP contribution >= 0.6 is 57.9 Å². The highest BCUT2D eigenvalue weighted by Crippen LogP contribution is 2.52. The number of nitrogens with one attached hydrogen (secondary N) is 5. The monoisotopic (exact) mass is 2150 g/mol. The lowest BCUT2D eigenvalue weighted by atomic mass is 9.85. The Morgan fingerprint density at radius 1 is 0.757 bits per heavy atom. The number of hydrogen-bond acceptors (Lipinski definition) is 35. The highest BCUT2D eigenvalue weighted by molar-refractivity contribution is 8.00. The number of halogens is 3. The molecular formula is C95H109Cl3N17O31S2+. The molecule has 2 aromatic heterocycles. The number of likely N-dealkylation sites (N-methyl/N-ethyl adjacent to an activating group) is 1. The first kappa shape index (κ1) is 110. The number of aromatic amines is 1. The number of pyridine rings is 1. The largest absolute Gasteiger partial charge is 0.508 e. The first-order chi connectivity index (χ1) is 70.3. The summed E-state index contributed by atoms with van der Waals surface area (Å²) in [5.74, 6) is -18.7. The summed E-state index contributed by atoms with van der Waals surface area (Å²) in [6.07, 6.45) is -15.9. The van der Waals surface area contributed by atoms with Gasteiger partial charge in [0.2, 0.25) is 53.3 Å². The minimum absolute atomic E-state index is 0.00109. The first-order valence-corrected chi connectivity index (χ1v) is 49.2. The van der Waals surface area contributed by atoms with Crippen molar-refractivity contribution in [3.8, 4) is 57.1 Å². The maximum Gasteiger partial charge on any atom is 0.352 e. The van der Waals surface area contributed by atoms with Gasteiger partial charge in [0.15, 0.2) is 107 Å². The summed E-state index contributed by atoms with van der Waals surface area (Å²) in [4.78, 5) is 98.0. The number of aromatic hydroxyl groups is 3. The number of carbonyl (C=O) groups is 4. The van der Waals surface area contributed by atoms with E-state index in [1.54, 1.807) is 47.8 Å². The first-order valence-electron chi connectivity index (χ1n) is 46.2. The molecular weight excluding hydrogens is 2050 g/mol. The summed E-state index contributed by atoms with van der Waals surface area (Å²) in [5, 5.41) is 260. The van der Waals surface area contributed by atoms with E-state index in [0.29, 0.717) is 12.1 Å². The predicted octanol–water partition coefficient (Wildman–Crippen LogP) is 8.44. The normalized spacial score (nSPS) is 26.3. The number of carboxylic acid groups (broad SMARTS) is 2. The lowest BCUT2D eigenvalue weighted by Gasteiger charge is -2.48. The number of aliphatic carboxylic acids is 2. The van der Waals surface area contributed by atoms with E-state index >= 15 is 0 Å². The Morgan fingerprint density at radius 3 is 2.03 bits per heavy atom. The molecule has 148 heavy (non-hydrogen) atoms. The Balaban J connectivity index is 0.756. The number of fused-ring (bicyclic) bond motifs is 13. The number of phenolic OH excluding ortho intramolecular Hbond substituents is 3. The number of H-pyrrole nitrogens is 1. The molecule has 0 spiro atoms. The van der Waals surface area contributed by atoms with Crippen molar-refractivity contribution in [2.24, 2.45) is 51.0 Å². The number of phenols is 3. The van der Waals surface area contributed by atoms with Crippen LogP contribution in [0, 0.1) is 16.7 Å². The van der Waals surface area contributed by atoms with E-state index in [4.69, 9.17) is 78.9 Å². The van der Waals surface area contributed by atoms with Crippen molar-refractivity contribution < 1.29 is 159 Å². The van der Waals surface area contributed by atoms with Gasteiger partial charge in [0.05, 0.1) is 47.9 Å². The number of amides is 2. The molecule has 0 radical (unpaired) electrons. The van der Waals surface area contributed by atoms with E-state index in [2.05, 4.69) is 60.7 Å². The van der Waals surface area contributed by atoms with Crippen LogP contribution < -0.4 is 34.2 Å². The van der Waals surface area contributed by atoms with Crippen molar-refractivity contribution in [1.29, 1.82) is 10.8 Å². The molecule has 5 aromatic carbocycles. The fourth-order valence-electron chi connectivity index (χ4n) is 17.7. The van der Waals surface area contributed by atoms with E-state index in [0.717, 1.165) is 88.5 Å². The number of oxime groups is 1. The SMILES string of the molecule is CCN(Cc1cc[n+](CC2=C(C(=O)O)N3C(=O)[C@@H](N=C(O)C(=NOC)c4[nH]c(=N)sc4Cl)[C@H]3SC2)cc1)C(=O)CCCC(O)=NCCN[C@@]1(C)C[C@H](O[C@H]2[C@H](Oc3c4cc5cc3Oc3ccc(cc3Cl)[C@@H](O)[C@@H](N=C(O)[C@@H](CC(C)C)NC)C(O)=N[C@@H](CC(=N)O)C(O)=N[C@H]5C(O)=N[C@H]3C(O)=N[C@H](C(O)=NC(C(=O)O)c5cc(O)cc(O)c5-c5cc3ccc5O)C(O)c3ccc(c(Cl)c3)O4)O[C@H](CO)[C@@H](O)[C@@H]2O)O[C@@H](C)[C@H]1O. The minimum atomic E-state index is -2.40. The number of benzene rings is 5. The van der Waals surface area contributed by atoms with Gasteiger partial charge in [-0.1, -0.05) is 83.3 Å². The summed E-state index contributed by atoms with van der Waals surface area (Å²) >= 11 is 22.7. The molecule has 11 heterocycles. The van der Waals surface area contributed by atoms with Crippen molar-refractivity contribution in [1.82, 2.24) is 25.4 Å². The second kappa shape index (κ2) is 47.0. The number of thiazole rings is 1. The highest BCUT2D eigenvalue weighted by Gasteiger charge is 2.56. The fraction of sp³-hybridized carbons (Fsp3) is 0.432. The van der Waals surface area contributed by atoms with Gasteiger partial charge in [-0.2, -0.15) is 0 Å². The summed E-state index contributed by atoms with van der Waals surface area (Å²) in [6, 6.07) is 1.42. The molecule has 9 aliphatic rings. The zero-order valence-corrected chi connectivity index (χ0v) is 83.7. The van der Waals surface area contributed by atoms with Crippen molar-refractivity contribution in [3.05, 3.63) is 173 Å². The Labute approximate surface area is 864 Å². The Hall–Kier alpha value is -13.4. The molecule has 2 unspecified atom stereocenters.